The van der Waals surface area contributed by atoms with E-state index in [-0.39, 0.29) is 17.9 Å². The molecule has 4 aromatic rings. The van der Waals surface area contributed by atoms with Crippen molar-refractivity contribution in [1.29, 1.82) is 5.26 Å². The van der Waals surface area contributed by atoms with Gasteiger partial charge in [-0.2, -0.15) is 5.26 Å². The third-order valence-corrected chi connectivity index (χ3v) is 5.78. The molecule has 9 heteroatoms. The highest BCUT2D eigenvalue weighted by molar-refractivity contribution is 6.30. The number of benzene rings is 4. The summed E-state index contributed by atoms with van der Waals surface area (Å²) >= 11 is 5.90. The molecule has 0 spiro atoms. The van der Waals surface area contributed by atoms with Gasteiger partial charge in [0.15, 0.2) is 0 Å². The third kappa shape index (κ3) is 7.68. The van der Waals surface area contributed by atoms with Crippen LogP contribution in [-0.4, -0.2) is 10.8 Å². The number of hydrogen-bond acceptors (Lipinski definition) is 6. The molecule has 0 radical (unpaired) electrons. The highest BCUT2D eigenvalue weighted by Gasteiger charge is 2.12. The maximum absolute atomic E-state index is 12.8. The van der Waals surface area contributed by atoms with Crippen LogP contribution in [0.1, 0.15) is 16.7 Å². The second kappa shape index (κ2) is 12.9. The fraction of sp³-hybridized carbons (Fsp3) is 0.0667. The fourth-order valence-corrected chi connectivity index (χ4v) is 3.66. The summed E-state index contributed by atoms with van der Waals surface area (Å²) in [5.41, 5.74) is 2.44. The largest absolute Gasteiger partial charge is 0.489 e. The molecule has 0 atom stereocenters. The van der Waals surface area contributed by atoms with Crippen molar-refractivity contribution < 1.29 is 19.2 Å². The molecule has 0 aliphatic rings. The van der Waals surface area contributed by atoms with Crippen LogP contribution in [0.4, 0.5) is 11.4 Å². The molecule has 8 nitrogen and oxygen atoms in total. The molecule has 0 bridgehead atoms. The number of nitro benzene ring substituents is 1. The van der Waals surface area contributed by atoms with Gasteiger partial charge in [0.25, 0.3) is 11.6 Å². The maximum atomic E-state index is 12.8. The Morgan fingerprint density at radius 1 is 0.923 bits per heavy atom. The minimum atomic E-state index is -0.583. The molecule has 0 unspecified atom stereocenters. The van der Waals surface area contributed by atoms with E-state index in [1.54, 1.807) is 72.8 Å². The Bertz CT molecular complexity index is 1540. The van der Waals surface area contributed by atoms with Crippen LogP contribution in [0.25, 0.3) is 6.08 Å². The predicted molar refractivity (Wildman–Crippen MR) is 148 cm³/mol. The molecule has 39 heavy (non-hydrogen) atoms. The van der Waals surface area contributed by atoms with Gasteiger partial charge in [0, 0.05) is 28.4 Å². The number of nitrogens with zero attached hydrogens (tertiary/aromatic N) is 2. The van der Waals surface area contributed by atoms with Crippen LogP contribution in [0.5, 0.6) is 11.5 Å². The third-order valence-electron chi connectivity index (χ3n) is 5.53. The van der Waals surface area contributed by atoms with E-state index in [9.17, 15) is 20.2 Å². The number of rotatable bonds is 10. The van der Waals surface area contributed by atoms with Crippen LogP contribution in [-0.2, 0) is 18.0 Å². The maximum Gasteiger partial charge on any atom is 0.269 e. The summed E-state index contributed by atoms with van der Waals surface area (Å²) in [6.45, 7) is 0.444. The fourth-order valence-electron chi connectivity index (χ4n) is 3.54. The zero-order chi connectivity index (χ0) is 27.6. The van der Waals surface area contributed by atoms with E-state index >= 15 is 0 Å². The molecular weight excluding hydrogens is 518 g/mol. The van der Waals surface area contributed by atoms with Crippen LogP contribution in [0.3, 0.4) is 0 Å². The second-order valence-corrected chi connectivity index (χ2v) is 8.75. The number of nitrogens with one attached hydrogen (secondary N) is 1. The van der Waals surface area contributed by atoms with Crippen molar-refractivity contribution in [3.05, 3.63) is 134 Å². The summed E-state index contributed by atoms with van der Waals surface area (Å²) in [5.74, 6) is 0.460. The van der Waals surface area contributed by atoms with Crippen LogP contribution in [0, 0.1) is 21.4 Å². The summed E-state index contributed by atoms with van der Waals surface area (Å²) in [7, 11) is 0. The molecule has 0 aromatic heterocycles. The highest BCUT2D eigenvalue weighted by Crippen LogP contribution is 2.24. The Labute approximate surface area is 229 Å². The van der Waals surface area contributed by atoms with Crippen molar-refractivity contribution in [3.63, 3.8) is 0 Å². The normalized spacial score (nSPS) is 10.8. The minimum absolute atomic E-state index is 0.0335. The molecule has 0 aliphatic heterocycles. The molecule has 0 aliphatic carbocycles. The number of halogens is 1. The van der Waals surface area contributed by atoms with Crippen molar-refractivity contribution in [2.75, 3.05) is 5.32 Å². The van der Waals surface area contributed by atoms with Gasteiger partial charge in [0.1, 0.15) is 36.4 Å². The van der Waals surface area contributed by atoms with Gasteiger partial charge in [-0.05, 0) is 59.7 Å². The summed E-state index contributed by atoms with van der Waals surface area (Å²) in [5, 5.41) is 24.0. The van der Waals surface area contributed by atoms with Gasteiger partial charge in [-0.1, -0.05) is 54.1 Å². The molecule has 1 amide bonds. The average molecular weight is 540 g/mol. The van der Waals surface area contributed by atoms with E-state index in [4.69, 9.17) is 21.1 Å². The van der Waals surface area contributed by atoms with Gasteiger partial charge in [-0.25, -0.2) is 0 Å². The van der Waals surface area contributed by atoms with E-state index in [1.165, 1.54) is 18.2 Å². The number of carbonyl (C=O) groups excluding carboxylic acids is 1. The SMILES string of the molecule is N#C/C(=C\c1ccccc1OCc1cccc([N+](=O)[O-])c1)C(=O)Nc1ccc(OCc2ccc(Cl)cc2)cc1. The van der Waals surface area contributed by atoms with Crippen LogP contribution in [0.2, 0.25) is 5.02 Å². The average Bonchev–Trinajstić information content (AvgIpc) is 2.96. The van der Waals surface area contributed by atoms with E-state index in [1.807, 2.05) is 18.2 Å². The number of amides is 1. The van der Waals surface area contributed by atoms with Crippen molar-refractivity contribution >= 4 is 35.0 Å². The zero-order valence-corrected chi connectivity index (χ0v) is 21.3. The van der Waals surface area contributed by atoms with Gasteiger partial charge < -0.3 is 14.8 Å². The smallest absolute Gasteiger partial charge is 0.269 e. The van der Waals surface area contributed by atoms with Crippen LogP contribution in [0.15, 0.2) is 103 Å². The van der Waals surface area contributed by atoms with E-state index < -0.39 is 10.8 Å². The molecule has 0 saturated heterocycles. The molecule has 194 valence electrons. The summed E-state index contributed by atoms with van der Waals surface area (Å²) in [6.07, 6.45) is 1.43. The highest BCUT2D eigenvalue weighted by atomic mass is 35.5. The zero-order valence-electron chi connectivity index (χ0n) is 20.5. The number of ether oxygens (including phenoxy) is 2. The van der Waals surface area contributed by atoms with E-state index in [2.05, 4.69) is 5.32 Å². The van der Waals surface area contributed by atoms with E-state index in [0.29, 0.717) is 39.9 Å². The first-order valence-corrected chi connectivity index (χ1v) is 12.1. The Kier molecular flexibility index (Phi) is 8.91. The van der Waals surface area contributed by atoms with Gasteiger partial charge >= 0.3 is 0 Å². The monoisotopic (exact) mass is 539 g/mol. The predicted octanol–water partition coefficient (Wildman–Crippen LogP) is 6.95. The number of nitriles is 1. The summed E-state index contributed by atoms with van der Waals surface area (Å²) in [6, 6.07) is 29.1. The quantitative estimate of drug-likeness (QED) is 0.101. The molecule has 0 saturated carbocycles. The van der Waals surface area contributed by atoms with E-state index in [0.717, 1.165) is 5.56 Å². The van der Waals surface area contributed by atoms with Gasteiger partial charge in [0.05, 0.1) is 4.92 Å². The lowest BCUT2D eigenvalue weighted by atomic mass is 10.1. The second-order valence-electron chi connectivity index (χ2n) is 8.32. The summed E-state index contributed by atoms with van der Waals surface area (Å²) in [4.78, 5) is 23.4. The molecule has 4 rings (SSSR count). The molecule has 0 heterocycles. The number of anilines is 1. The Morgan fingerprint density at radius 3 is 2.36 bits per heavy atom. The van der Waals surface area contributed by atoms with Gasteiger partial charge in [0.2, 0.25) is 0 Å². The lowest BCUT2D eigenvalue weighted by Crippen LogP contribution is -2.13. The van der Waals surface area contributed by atoms with Gasteiger partial charge in [-0.15, -0.1) is 0 Å². The number of para-hydroxylation sites is 1. The molecule has 0 fully saturated rings. The van der Waals surface area contributed by atoms with Gasteiger partial charge in [-0.3, -0.25) is 14.9 Å². The first-order valence-electron chi connectivity index (χ1n) is 11.8. The minimum Gasteiger partial charge on any atom is -0.489 e. The number of hydrogen-bond donors (Lipinski definition) is 1. The van der Waals surface area contributed by atoms with Crippen molar-refractivity contribution in [2.24, 2.45) is 0 Å². The molecule has 4 aromatic carbocycles. The first-order chi connectivity index (χ1) is 18.9. The number of nitro groups is 1. The lowest BCUT2D eigenvalue weighted by molar-refractivity contribution is -0.384. The summed E-state index contributed by atoms with van der Waals surface area (Å²) < 4.78 is 11.6. The number of carbonyl (C=O) groups is 1. The Morgan fingerprint density at radius 2 is 1.64 bits per heavy atom. The molecule has 1 N–H and O–H groups in total. The van der Waals surface area contributed by atoms with Crippen molar-refractivity contribution in [2.45, 2.75) is 13.2 Å². The first kappa shape index (κ1) is 26.9. The Balaban J connectivity index is 1.40. The lowest BCUT2D eigenvalue weighted by Gasteiger charge is -2.10. The molecular formula is C30H22ClN3O5. The van der Waals surface area contributed by atoms with Crippen LogP contribution < -0.4 is 14.8 Å². The standard InChI is InChI=1S/C30H22ClN3O5/c31-25-10-8-21(9-11-25)19-38-28-14-12-26(13-15-28)33-30(35)24(18-32)17-23-5-1-2-7-29(23)39-20-22-4-3-6-27(16-22)34(36)37/h1-17H,19-20H2,(H,33,35)/b24-17+. The van der Waals surface area contributed by atoms with Crippen molar-refractivity contribution in [1.82, 2.24) is 0 Å². The van der Waals surface area contributed by atoms with Crippen molar-refractivity contribution in [3.8, 4) is 17.6 Å². The topological polar surface area (TPSA) is 114 Å². The van der Waals surface area contributed by atoms with Crippen LogP contribution >= 0.6 is 11.6 Å². The number of non-ortho nitro benzene ring substituents is 1. The Hall–Kier alpha value is -5.13.